The number of likely N-dealkylation sites (tertiary alicyclic amines) is 1. The molecular formula is C12H25ClN4O2. The van der Waals surface area contributed by atoms with Gasteiger partial charge in [0.1, 0.15) is 0 Å². The molecule has 3 N–H and O–H groups in total. The van der Waals surface area contributed by atoms with Gasteiger partial charge in [0.15, 0.2) is 0 Å². The number of carbonyl (C=O) groups excluding carboxylic acids is 2. The van der Waals surface area contributed by atoms with Gasteiger partial charge in [0.05, 0.1) is 6.54 Å². The monoisotopic (exact) mass is 292 g/mol. The molecule has 0 unspecified atom stereocenters. The Bertz CT molecular complexity index is 281. The third-order valence-electron chi connectivity index (χ3n) is 3.24. The summed E-state index contributed by atoms with van der Waals surface area (Å²) in [6.07, 6.45) is 2.22. The van der Waals surface area contributed by atoms with Gasteiger partial charge in [-0.15, -0.1) is 12.4 Å². The molecule has 7 heteroatoms. The largest absolute Gasteiger partial charge is 0.341 e. The molecule has 0 spiro atoms. The molecule has 112 valence electrons. The average molecular weight is 293 g/mol. The highest BCUT2D eigenvalue weighted by molar-refractivity contribution is 5.95. The maximum atomic E-state index is 11.5. The lowest BCUT2D eigenvalue weighted by Gasteiger charge is -2.31. The SMILES string of the molecule is CCNCC1CCN(CC(=O)NC(=O)NC)CC1.Cl. The Morgan fingerprint density at radius 1 is 1.26 bits per heavy atom. The second-order valence-electron chi connectivity index (χ2n) is 4.65. The fraction of sp³-hybridized carbons (Fsp3) is 0.833. The third-order valence-corrected chi connectivity index (χ3v) is 3.24. The molecule has 0 radical (unpaired) electrons. The van der Waals surface area contributed by atoms with Crippen LogP contribution < -0.4 is 16.0 Å². The van der Waals surface area contributed by atoms with Gasteiger partial charge in [-0.1, -0.05) is 6.92 Å². The van der Waals surface area contributed by atoms with Gasteiger partial charge in [-0.2, -0.15) is 0 Å². The van der Waals surface area contributed by atoms with E-state index in [1.807, 2.05) is 0 Å². The van der Waals surface area contributed by atoms with Gasteiger partial charge in [-0.3, -0.25) is 15.0 Å². The molecule has 1 rings (SSSR count). The number of piperidine rings is 1. The van der Waals surface area contributed by atoms with Crippen molar-refractivity contribution in [3.05, 3.63) is 0 Å². The van der Waals surface area contributed by atoms with Crippen LogP contribution in [0.1, 0.15) is 19.8 Å². The van der Waals surface area contributed by atoms with E-state index < -0.39 is 6.03 Å². The maximum absolute atomic E-state index is 11.5. The number of nitrogens with zero attached hydrogens (tertiary/aromatic N) is 1. The first-order chi connectivity index (χ1) is 8.65. The van der Waals surface area contributed by atoms with Crippen LogP contribution in [-0.4, -0.2) is 56.6 Å². The predicted octanol–water partition coefficient (Wildman–Crippen LogP) is 0.185. The summed E-state index contributed by atoms with van der Waals surface area (Å²) in [4.78, 5) is 24.6. The van der Waals surface area contributed by atoms with Crippen LogP contribution in [0.15, 0.2) is 0 Å². The van der Waals surface area contributed by atoms with Gasteiger partial charge in [-0.05, 0) is 44.9 Å². The summed E-state index contributed by atoms with van der Waals surface area (Å²) in [5.41, 5.74) is 0. The van der Waals surface area contributed by atoms with Crippen LogP contribution in [-0.2, 0) is 4.79 Å². The van der Waals surface area contributed by atoms with Gasteiger partial charge in [0.25, 0.3) is 0 Å². The molecule has 0 aromatic heterocycles. The van der Waals surface area contributed by atoms with E-state index in [4.69, 9.17) is 0 Å². The normalized spacial score (nSPS) is 16.5. The molecule has 1 aliphatic heterocycles. The fourth-order valence-corrected chi connectivity index (χ4v) is 2.13. The highest BCUT2D eigenvalue weighted by Gasteiger charge is 2.20. The highest BCUT2D eigenvalue weighted by Crippen LogP contribution is 2.15. The Hall–Kier alpha value is -0.850. The van der Waals surface area contributed by atoms with Crippen LogP contribution in [0.25, 0.3) is 0 Å². The lowest BCUT2D eigenvalue weighted by molar-refractivity contribution is -0.121. The molecule has 0 aromatic rings. The molecule has 0 atom stereocenters. The van der Waals surface area contributed by atoms with E-state index in [2.05, 4.69) is 27.8 Å². The van der Waals surface area contributed by atoms with E-state index in [9.17, 15) is 9.59 Å². The molecule has 0 bridgehead atoms. The van der Waals surface area contributed by atoms with E-state index in [0.717, 1.165) is 39.0 Å². The van der Waals surface area contributed by atoms with Crippen molar-refractivity contribution in [1.82, 2.24) is 20.9 Å². The number of carbonyl (C=O) groups is 2. The Balaban J connectivity index is 0.00000324. The second kappa shape index (κ2) is 10.00. The molecule has 1 heterocycles. The minimum atomic E-state index is -0.443. The third kappa shape index (κ3) is 7.34. The zero-order valence-corrected chi connectivity index (χ0v) is 12.5. The molecule has 1 fully saturated rings. The highest BCUT2D eigenvalue weighted by atomic mass is 35.5. The Morgan fingerprint density at radius 2 is 1.89 bits per heavy atom. The lowest BCUT2D eigenvalue weighted by Crippen LogP contribution is -2.46. The number of rotatable bonds is 5. The number of amides is 3. The van der Waals surface area contributed by atoms with E-state index >= 15 is 0 Å². The van der Waals surface area contributed by atoms with Crippen LogP contribution >= 0.6 is 12.4 Å². The number of nitrogens with one attached hydrogen (secondary N) is 3. The van der Waals surface area contributed by atoms with Crippen LogP contribution in [0, 0.1) is 5.92 Å². The van der Waals surface area contributed by atoms with Crippen molar-refractivity contribution in [3.8, 4) is 0 Å². The number of urea groups is 1. The quantitative estimate of drug-likeness (QED) is 0.676. The van der Waals surface area contributed by atoms with Crippen molar-refractivity contribution in [2.24, 2.45) is 5.92 Å². The topological polar surface area (TPSA) is 73.5 Å². The van der Waals surface area contributed by atoms with Crippen molar-refractivity contribution < 1.29 is 9.59 Å². The Morgan fingerprint density at radius 3 is 2.42 bits per heavy atom. The first-order valence-electron chi connectivity index (χ1n) is 6.60. The summed E-state index contributed by atoms with van der Waals surface area (Å²) >= 11 is 0. The van der Waals surface area contributed by atoms with E-state index in [1.165, 1.54) is 7.05 Å². The minimum Gasteiger partial charge on any atom is -0.341 e. The Kier molecular flexibility index (Phi) is 9.55. The number of hydrogen-bond acceptors (Lipinski definition) is 4. The second-order valence-corrected chi connectivity index (χ2v) is 4.65. The van der Waals surface area contributed by atoms with Crippen molar-refractivity contribution in [2.75, 3.05) is 39.8 Å². The van der Waals surface area contributed by atoms with Crippen molar-refractivity contribution in [1.29, 1.82) is 0 Å². The van der Waals surface area contributed by atoms with Crippen molar-refractivity contribution in [3.63, 3.8) is 0 Å². The van der Waals surface area contributed by atoms with E-state index in [1.54, 1.807) is 0 Å². The first-order valence-corrected chi connectivity index (χ1v) is 6.60. The molecule has 6 nitrogen and oxygen atoms in total. The number of imide groups is 1. The average Bonchev–Trinajstić information content (AvgIpc) is 2.37. The number of hydrogen-bond donors (Lipinski definition) is 3. The van der Waals surface area contributed by atoms with Crippen LogP contribution in [0.3, 0.4) is 0 Å². The van der Waals surface area contributed by atoms with Crippen LogP contribution in [0.5, 0.6) is 0 Å². The Labute approximate surface area is 121 Å². The molecule has 0 aliphatic carbocycles. The van der Waals surface area contributed by atoms with Crippen molar-refractivity contribution in [2.45, 2.75) is 19.8 Å². The summed E-state index contributed by atoms with van der Waals surface area (Å²) in [6, 6.07) is -0.443. The fourth-order valence-electron chi connectivity index (χ4n) is 2.13. The smallest absolute Gasteiger partial charge is 0.321 e. The van der Waals surface area contributed by atoms with Crippen molar-refractivity contribution >= 4 is 24.3 Å². The van der Waals surface area contributed by atoms with Crippen LogP contribution in [0.4, 0.5) is 4.79 Å². The molecule has 0 aromatic carbocycles. The zero-order valence-electron chi connectivity index (χ0n) is 11.7. The molecule has 1 saturated heterocycles. The van der Waals surface area contributed by atoms with Crippen LogP contribution in [0.2, 0.25) is 0 Å². The summed E-state index contributed by atoms with van der Waals surface area (Å²) < 4.78 is 0. The van der Waals surface area contributed by atoms with Gasteiger partial charge in [0.2, 0.25) is 5.91 Å². The molecule has 3 amide bonds. The summed E-state index contributed by atoms with van der Waals surface area (Å²) in [5.74, 6) is 0.475. The maximum Gasteiger partial charge on any atom is 0.321 e. The van der Waals surface area contributed by atoms with Gasteiger partial charge in [-0.25, -0.2) is 4.79 Å². The molecule has 0 saturated carbocycles. The van der Waals surface area contributed by atoms with Gasteiger partial charge < -0.3 is 10.6 Å². The minimum absolute atomic E-state index is 0. The van der Waals surface area contributed by atoms with Gasteiger partial charge >= 0.3 is 6.03 Å². The summed E-state index contributed by atoms with van der Waals surface area (Å²) in [5, 5.41) is 8.00. The summed E-state index contributed by atoms with van der Waals surface area (Å²) in [7, 11) is 1.49. The zero-order chi connectivity index (χ0) is 13.4. The van der Waals surface area contributed by atoms with Gasteiger partial charge in [0, 0.05) is 7.05 Å². The lowest BCUT2D eigenvalue weighted by atomic mass is 9.97. The molecule has 19 heavy (non-hydrogen) atoms. The first kappa shape index (κ1) is 18.1. The number of halogens is 1. The molecular weight excluding hydrogens is 268 g/mol. The standard InChI is InChI=1S/C12H24N4O2.ClH/c1-3-14-8-10-4-6-16(7-5-10)9-11(17)15-12(18)13-2;/h10,14H,3-9H2,1-2H3,(H2,13,15,17,18);1H. The summed E-state index contributed by atoms with van der Waals surface area (Å²) in [6.45, 7) is 6.34. The predicted molar refractivity (Wildman–Crippen MR) is 77.6 cm³/mol. The van der Waals surface area contributed by atoms with E-state index in [0.29, 0.717) is 12.5 Å². The molecule has 1 aliphatic rings. The van der Waals surface area contributed by atoms with E-state index in [-0.39, 0.29) is 18.3 Å².